The fraction of sp³-hybridized carbons (Fsp3) is 0.250. The number of ether oxygens (including phenoxy) is 2. The van der Waals surface area contributed by atoms with Crippen LogP contribution in [0.25, 0.3) is 0 Å². The van der Waals surface area contributed by atoms with E-state index in [4.69, 9.17) is 14.6 Å². The molecule has 0 amide bonds. The molecule has 0 fully saturated rings. The maximum Gasteiger partial charge on any atom is 0.169 e. The molecule has 0 aliphatic heterocycles. The van der Waals surface area contributed by atoms with E-state index in [2.05, 4.69) is 15.9 Å². The van der Waals surface area contributed by atoms with Gasteiger partial charge in [0.1, 0.15) is 5.75 Å². The number of halogens is 1. The smallest absolute Gasteiger partial charge is 0.169 e. The first kappa shape index (κ1) is 15.8. The van der Waals surface area contributed by atoms with Crippen molar-refractivity contribution in [1.29, 1.82) is 0 Å². The summed E-state index contributed by atoms with van der Waals surface area (Å²) in [5.41, 5.74) is 1.56. The van der Waals surface area contributed by atoms with Gasteiger partial charge >= 0.3 is 0 Å². The second kappa shape index (κ2) is 6.93. The summed E-state index contributed by atoms with van der Waals surface area (Å²) >= 11 is 3.43. The second-order valence-electron chi connectivity index (χ2n) is 4.61. The topological polar surface area (TPSA) is 58.9 Å². The van der Waals surface area contributed by atoms with Crippen molar-refractivity contribution in [2.24, 2.45) is 0 Å². The van der Waals surface area contributed by atoms with Gasteiger partial charge in [0.05, 0.1) is 24.3 Å². The summed E-state index contributed by atoms with van der Waals surface area (Å²) in [5, 5.41) is 18.7. The largest absolute Gasteiger partial charge is 0.493 e. The SMILES string of the molecule is COc1cc(CO)ccc1Oc1ccc(C(C)O)cc1Br. The minimum atomic E-state index is -0.534. The molecule has 112 valence electrons. The van der Waals surface area contributed by atoms with Gasteiger partial charge in [-0.15, -0.1) is 0 Å². The molecule has 1 unspecified atom stereocenters. The third-order valence-corrected chi connectivity index (χ3v) is 3.69. The van der Waals surface area contributed by atoms with Crippen LogP contribution in [0.5, 0.6) is 17.2 Å². The standard InChI is InChI=1S/C16H17BrO4/c1-10(19)12-4-6-14(13(17)8-12)21-15-5-3-11(9-18)7-16(15)20-2/h3-8,10,18-19H,9H2,1-2H3. The van der Waals surface area contributed by atoms with Gasteiger partial charge in [0.25, 0.3) is 0 Å². The summed E-state index contributed by atoms with van der Waals surface area (Å²) in [6, 6.07) is 10.7. The summed E-state index contributed by atoms with van der Waals surface area (Å²) in [5.74, 6) is 1.72. The van der Waals surface area contributed by atoms with Gasteiger partial charge in [-0.25, -0.2) is 0 Å². The Bertz CT molecular complexity index is 626. The third-order valence-electron chi connectivity index (χ3n) is 3.07. The Morgan fingerprint density at radius 3 is 2.38 bits per heavy atom. The predicted octanol–water partition coefficient (Wildman–Crippen LogP) is 3.80. The summed E-state index contributed by atoms with van der Waals surface area (Å²) < 4.78 is 11.8. The number of methoxy groups -OCH3 is 1. The summed E-state index contributed by atoms with van der Waals surface area (Å²) in [7, 11) is 1.55. The van der Waals surface area contributed by atoms with E-state index < -0.39 is 6.10 Å². The zero-order chi connectivity index (χ0) is 15.4. The van der Waals surface area contributed by atoms with Crippen molar-refractivity contribution < 1.29 is 19.7 Å². The lowest BCUT2D eigenvalue weighted by Crippen LogP contribution is -1.95. The Morgan fingerprint density at radius 1 is 1.10 bits per heavy atom. The number of benzene rings is 2. The average molecular weight is 353 g/mol. The predicted molar refractivity (Wildman–Crippen MR) is 83.8 cm³/mol. The molecule has 1 atom stereocenters. The Labute approximate surface area is 132 Å². The van der Waals surface area contributed by atoms with Crippen LogP contribution in [0.15, 0.2) is 40.9 Å². The molecule has 0 saturated carbocycles. The number of hydrogen-bond acceptors (Lipinski definition) is 4. The van der Waals surface area contributed by atoms with Gasteiger partial charge in [-0.3, -0.25) is 0 Å². The number of hydrogen-bond donors (Lipinski definition) is 2. The molecule has 2 N–H and O–H groups in total. The Hall–Kier alpha value is -1.56. The highest BCUT2D eigenvalue weighted by atomic mass is 79.9. The first-order chi connectivity index (χ1) is 10.0. The zero-order valence-electron chi connectivity index (χ0n) is 11.8. The van der Waals surface area contributed by atoms with Crippen LogP contribution in [-0.2, 0) is 6.61 Å². The van der Waals surface area contributed by atoms with Crippen LogP contribution in [0.3, 0.4) is 0 Å². The molecule has 21 heavy (non-hydrogen) atoms. The molecule has 0 saturated heterocycles. The van der Waals surface area contributed by atoms with Crippen LogP contribution >= 0.6 is 15.9 Å². The van der Waals surface area contributed by atoms with Crippen LogP contribution in [0.1, 0.15) is 24.2 Å². The number of aliphatic hydroxyl groups is 2. The van der Waals surface area contributed by atoms with E-state index in [-0.39, 0.29) is 6.61 Å². The van der Waals surface area contributed by atoms with E-state index in [9.17, 15) is 5.11 Å². The summed E-state index contributed by atoms with van der Waals surface area (Å²) in [6.45, 7) is 1.66. The van der Waals surface area contributed by atoms with E-state index in [1.54, 1.807) is 44.4 Å². The maximum absolute atomic E-state index is 9.56. The molecule has 0 bridgehead atoms. The Kier molecular flexibility index (Phi) is 5.22. The molecule has 2 aromatic carbocycles. The highest BCUT2D eigenvalue weighted by Crippen LogP contribution is 2.36. The Balaban J connectivity index is 2.29. The van der Waals surface area contributed by atoms with Crippen molar-refractivity contribution in [2.75, 3.05) is 7.11 Å². The minimum absolute atomic E-state index is 0.0522. The number of aliphatic hydroxyl groups excluding tert-OH is 2. The van der Waals surface area contributed by atoms with Crippen molar-refractivity contribution in [2.45, 2.75) is 19.6 Å². The normalized spacial score (nSPS) is 12.0. The van der Waals surface area contributed by atoms with Crippen molar-refractivity contribution in [3.8, 4) is 17.2 Å². The van der Waals surface area contributed by atoms with Gasteiger partial charge in [0.2, 0.25) is 0 Å². The lowest BCUT2D eigenvalue weighted by atomic mass is 10.1. The molecule has 5 heteroatoms. The first-order valence-corrected chi connectivity index (χ1v) is 7.27. The van der Waals surface area contributed by atoms with Gasteiger partial charge in [-0.2, -0.15) is 0 Å². The lowest BCUT2D eigenvalue weighted by molar-refractivity contribution is 0.199. The van der Waals surface area contributed by atoms with Crippen LogP contribution in [0.2, 0.25) is 0 Å². The lowest BCUT2D eigenvalue weighted by Gasteiger charge is -2.14. The van der Waals surface area contributed by atoms with Crippen molar-refractivity contribution in [3.05, 3.63) is 52.0 Å². The van der Waals surface area contributed by atoms with Crippen LogP contribution in [0, 0.1) is 0 Å². The molecule has 2 rings (SSSR count). The third kappa shape index (κ3) is 3.75. The van der Waals surface area contributed by atoms with E-state index >= 15 is 0 Å². The van der Waals surface area contributed by atoms with Crippen LogP contribution < -0.4 is 9.47 Å². The van der Waals surface area contributed by atoms with Crippen molar-refractivity contribution in [1.82, 2.24) is 0 Å². The fourth-order valence-corrected chi connectivity index (χ4v) is 2.35. The quantitative estimate of drug-likeness (QED) is 0.859. The highest BCUT2D eigenvalue weighted by Gasteiger charge is 2.11. The molecule has 2 aromatic rings. The maximum atomic E-state index is 9.56. The molecule has 0 heterocycles. The van der Waals surface area contributed by atoms with E-state index in [1.807, 2.05) is 6.07 Å². The highest BCUT2D eigenvalue weighted by molar-refractivity contribution is 9.10. The van der Waals surface area contributed by atoms with Gasteiger partial charge in [-0.1, -0.05) is 12.1 Å². The summed E-state index contributed by atoms with van der Waals surface area (Å²) in [4.78, 5) is 0. The molecule has 0 aliphatic carbocycles. The van der Waals surface area contributed by atoms with Gasteiger partial charge < -0.3 is 19.7 Å². The van der Waals surface area contributed by atoms with E-state index in [0.29, 0.717) is 17.2 Å². The van der Waals surface area contributed by atoms with Crippen molar-refractivity contribution >= 4 is 15.9 Å². The summed E-state index contributed by atoms with van der Waals surface area (Å²) in [6.07, 6.45) is -0.534. The molecular weight excluding hydrogens is 336 g/mol. The molecule has 0 aliphatic rings. The van der Waals surface area contributed by atoms with E-state index in [0.717, 1.165) is 15.6 Å². The fourth-order valence-electron chi connectivity index (χ4n) is 1.87. The molecule has 0 aromatic heterocycles. The van der Waals surface area contributed by atoms with Crippen LogP contribution in [-0.4, -0.2) is 17.3 Å². The van der Waals surface area contributed by atoms with E-state index in [1.165, 1.54) is 0 Å². The van der Waals surface area contributed by atoms with Gasteiger partial charge in [0.15, 0.2) is 11.5 Å². The molecule has 4 nitrogen and oxygen atoms in total. The van der Waals surface area contributed by atoms with Gasteiger partial charge in [0, 0.05) is 0 Å². The first-order valence-electron chi connectivity index (χ1n) is 6.48. The second-order valence-corrected chi connectivity index (χ2v) is 5.47. The molecular formula is C16H17BrO4. The molecule has 0 spiro atoms. The number of rotatable bonds is 5. The zero-order valence-corrected chi connectivity index (χ0v) is 13.4. The molecule has 0 radical (unpaired) electrons. The van der Waals surface area contributed by atoms with Crippen molar-refractivity contribution in [3.63, 3.8) is 0 Å². The monoisotopic (exact) mass is 352 g/mol. The minimum Gasteiger partial charge on any atom is -0.493 e. The average Bonchev–Trinajstić information content (AvgIpc) is 2.49. The Morgan fingerprint density at radius 2 is 1.81 bits per heavy atom. The van der Waals surface area contributed by atoms with Crippen LogP contribution in [0.4, 0.5) is 0 Å². The van der Waals surface area contributed by atoms with Gasteiger partial charge in [-0.05, 0) is 58.2 Å².